The quantitative estimate of drug-likeness (QED) is 0.384. The maximum Gasteiger partial charge on any atom is 0.341 e. The normalized spacial score (nSPS) is 11.5. The van der Waals surface area contributed by atoms with Crippen LogP contribution in [-0.2, 0) is 14.8 Å². The number of carbonyl (C=O) groups excluding carboxylic acids is 1. The standard InChI is InChI=1S/C21H17ClN4O5S2/c1-2-31-21(28)14-11-15(19-24-16-5-3-4-6-17(16)32-19)20(27)26(18(14)23)25-33(29,30)13-9-7-12(22)8-10-13/h3-11,25H,2,23H2,1H3. The van der Waals surface area contributed by atoms with Crippen LogP contribution in [0.5, 0.6) is 0 Å². The van der Waals surface area contributed by atoms with Crippen LogP contribution in [0.1, 0.15) is 17.3 Å². The average Bonchev–Trinajstić information content (AvgIpc) is 3.21. The molecule has 0 fully saturated rings. The molecule has 0 bridgehead atoms. The molecule has 0 aliphatic heterocycles. The van der Waals surface area contributed by atoms with Gasteiger partial charge in [0.15, 0.2) is 0 Å². The number of nitrogens with two attached hydrogens (primary N) is 1. The van der Waals surface area contributed by atoms with Crippen molar-refractivity contribution in [3.8, 4) is 10.6 Å². The molecule has 9 nitrogen and oxygen atoms in total. The highest BCUT2D eigenvalue weighted by Gasteiger charge is 2.24. The number of aromatic nitrogens is 2. The average molecular weight is 505 g/mol. The van der Waals surface area contributed by atoms with E-state index < -0.39 is 27.4 Å². The second-order valence-corrected chi connectivity index (χ2v) is 9.88. The van der Waals surface area contributed by atoms with E-state index in [4.69, 9.17) is 22.1 Å². The Morgan fingerprint density at radius 3 is 2.58 bits per heavy atom. The Labute approximate surface area is 197 Å². The molecule has 170 valence electrons. The Morgan fingerprint density at radius 1 is 1.21 bits per heavy atom. The first-order chi connectivity index (χ1) is 15.7. The number of pyridine rings is 1. The first kappa shape index (κ1) is 22.8. The first-order valence-electron chi connectivity index (χ1n) is 9.58. The van der Waals surface area contributed by atoms with Crippen LogP contribution < -0.4 is 16.1 Å². The molecule has 33 heavy (non-hydrogen) atoms. The molecule has 3 N–H and O–H groups in total. The number of hydrogen-bond donors (Lipinski definition) is 2. The third-order valence-corrected chi connectivity index (χ3v) is 7.23. The van der Waals surface area contributed by atoms with Crippen molar-refractivity contribution >= 4 is 55.0 Å². The number of hydrogen-bond acceptors (Lipinski definition) is 8. The summed E-state index contributed by atoms with van der Waals surface area (Å²) in [5.41, 5.74) is 5.72. The SMILES string of the molecule is CCOC(=O)c1cc(-c2nc3ccccc3s2)c(=O)n(NS(=O)(=O)c2ccc(Cl)cc2)c1N. The lowest BCUT2D eigenvalue weighted by Crippen LogP contribution is -2.37. The van der Waals surface area contributed by atoms with Crippen LogP contribution in [0.15, 0.2) is 64.3 Å². The van der Waals surface area contributed by atoms with Crippen molar-refractivity contribution in [1.29, 1.82) is 0 Å². The van der Waals surface area contributed by atoms with Crippen molar-refractivity contribution < 1.29 is 17.9 Å². The highest BCUT2D eigenvalue weighted by atomic mass is 35.5. The van der Waals surface area contributed by atoms with Crippen molar-refractivity contribution in [3.05, 3.63) is 75.5 Å². The van der Waals surface area contributed by atoms with E-state index in [0.717, 1.165) is 4.70 Å². The van der Waals surface area contributed by atoms with Gasteiger partial charge in [-0.05, 0) is 49.4 Å². The minimum atomic E-state index is -4.25. The molecule has 0 aliphatic rings. The molecule has 4 aromatic rings. The zero-order valence-corrected chi connectivity index (χ0v) is 19.5. The molecule has 12 heteroatoms. The topological polar surface area (TPSA) is 133 Å². The molecule has 0 spiro atoms. The summed E-state index contributed by atoms with van der Waals surface area (Å²) < 4.78 is 32.3. The van der Waals surface area contributed by atoms with Crippen LogP contribution in [0, 0.1) is 0 Å². The summed E-state index contributed by atoms with van der Waals surface area (Å²) in [6.07, 6.45) is 0. The summed E-state index contributed by atoms with van der Waals surface area (Å²) in [4.78, 5) is 32.3. The van der Waals surface area contributed by atoms with Crippen molar-refractivity contribution in [1.82, 2.24) is 9.66 Å². The summed E-state index contributed by atoms with van der Waals surface area (Å²) >= 11 is 7.05. The number of benzene rings is 2. The van der Waals surface area contributed by atoms with Crippen LogP contribution in [0.4, 0.5) is 5.82 Å². The largest absolute Gasteiger partial charge is 0.462 e. The molecule has 0 saturated carbocycles. The maximum atomic E-state index is 13.3. The van der Waals surface area contributed by atoms with Gasteiger partial charge in [0.1, 0.15) is 16.4 Å². The van der Waals surface area contributed by atoms with Gasteiger partial charge in [-0.15, -0.1) is 11.3 Å². The van der Waals surface area contributed by atoms with Gasteiger partial charge in [-0.3, -0.25) is 4.79 Å². The molecular formula is C21H17ClN4O5S2. The second-order valence-electron chi connectivity index (χ2n) is 6.75. The fourth-order valence-corrected chi connectivity index (χ4v) is 5.14. The molecule has 0 atom stereocenters. The number of rotatable bonds is 6. The number of halogens is 1. The number of nitrogen functional groups attached to an aromatic ring is 1. The number of nitrogens with zero attached hydrogens (tertiary/aromatic N) is 2. The van der Waals surface area contributed by atoms with Crippen molar-refractivity contribution in [2.24, 2.45) is 0 Å². The first-order valence-corrected chi connectivity index (χ1v) is 12.3. The molecule has 2 heterocycles. The zero-order valence-electron chi connectivity index (χ0n) is 17.1. The Balaban J connectivity index is 1.91. The van der Waals surface area contributed by atoms with Crippen LogP contribution in [-0.4, -0.2) is 30.7 Å². The van der Waals surface area contributed by atoms with Gasteiger partial charge in [0.2, 0.25) is 0 Å². The van der Waals surface area contributed by atoms with Crippen LogP contribution in [0.2, 0.25) is 5.02 Å². The predicted octanol–water partition coefficient (Wildman–Crippen LogP) is 3.47. The van der Waals surface area contributed by atoms with Gasteiger partial charge in [0.25, 0.3) is 15.6 Å². The highest BCUT2D eigenvalue weighted by molar-refractivity contribution is 7.92. The van der Waals surface area contributed by atoms with E-state index in [1.807, 2.05) is 12.1 Å². The van der Waals surface area contributed by atoms with Gasteiger partial charge in [-0.25, -0.2) is 14.6 Å². The Bertz CT molecular complexity index is 1500. The number of ether oxygens (including phenoxy) is 1. The number of nitrogens with one attached hydrogen (secondary N) is 1. The van der Waals surface area contributed by atoms with E-state index in [0.29, 0.717) is 20.2 Å². The summed E-state index contributed by atoms with van der Waals surface area (Å²) in [5, 5.41) is 0.638. The van der Waals surface area contributed by atoms with Gasteiger partial charge in [-0.2, -0.15) is 13.1 Å². The van der Waals surface area contributed by atoms with Crippen molar-refractivity contribution in [2.45, 2.75) is 11.8 Å². The fraction of sp³-hybridized carbons (Fsp3) is 0.0952. The monoisotopic (exact) mass is 504 g/mol. The van der Waals surface area contributed by atoms with E-state index in [1.54, 1.807) is 19.1 Å². The molecular weight excluding hydrogens is 488 g/mol. The Morgan fingerprint density at radius 2 is 1.91 bits per heavy atom. The van der Waals surface area contributed by atoms with Crippen LogP contribution in [0.3, 0.4) is 0 Å². The lowest BCUT2D eigenvalue weighted by atomic mass is 10.2. The van der Waals surface area contributed by atoms with Crippen molar-refractivity contribution in [2.75, 3.05) is 17.2 Å². The van der Waals surface area contributed by atoms with E-state index >= 15 is 0 Å². The maximum absolute atomic E-state index is 13.3. The molecule has 0 aliphatic carbocycles. The minimum absolute atomic E-state index is 0.00717. The number of carbonyl (C=O) groups is 1. The molecule has 2 aromatic carbocycles. The number of thiazole rings is 1. The Hall–Kier alpha value is -3.41. The molecule has 0 amide bonds. The van der Waals surface area contributed by atoms with Gasteiger partial charge in [0, 0.05) is 5.02 Å². The van der Waals surface area contributed by atoms with Gasteiger partial charge in [-0.1, -0.05) is 23.7 Å². The van der Waals surface area contributed by atoms with Gasteiger partial charge in [0.05, 0.1) is 27.3 Å². The van der Waals surface area contributed by atoms with Crippen LogP contribution in [0.25, 0.3) is 20.8 Å². The van der Waals surface area contributed by atoms with Crippen LogP contribution >= 0.6 is 22.9 Å². The number of anilines is 1. The minimum Gasteiger partial charge on any atom is -0.462 e. The molecule has 0 saturated heterocycles. The third kappa shape index (κ3) is 4.42. The number of sulfonamides is 1. The molecule has 0 radical (unpaired) electrons. The fourth-order valence-electron chi connectivity index (χ4n) is 3.02. The lowest BCUT2D eigenvalue weighted by Gasteiger charge is -2.16. The van der Waals surface area contributed by atoms with E-state index in [1.165, 1.54) is 41.7 Å². The number of esters is 1. The zero-order chi connectivity index (χ0) is 23.8. The second kappa shape index (κ2) is 8.85. The molecule has 0 unspecified atom stereocenters. The van der Waals surface area contributed by atoms with Crippen molar-refractivity contribution in [3.63, 3.8) is 0 Å². The third-order valence-electron chi connectivity index (χ3n) is 4.59. The van der Waals surface area contributed by atoms with Gasteiger partial charge >= 0.3 is 5.97 Å². The van der Waals surface area contributed by atoms with E-state index in [9.17, 15) is 18.0 Å². The summed E-state index contributed by atoms with van der Waals surface area (Å²) in [6, 6.07) is 13.8. The summed E-state index contributed by atoms with van der Waals surface area (Å²) in [7, 11) is -4.25. The van der Waals surface area contributed by atoms with E-state index in [-0.39, 0.29) is 22.6 Å². The molecule has 4 rings (SSSR count). The summed E-state index contributed by atoms with van der Waals surface area (Å²) in [5.74, 6) is -1.22. The number of fused-ring (bicyclic) bond motifs is 1. The molecule has 2 aromatic heterocycles. The van der Waals surface area contributed by atoms with E-state index in [2.05, 4.69) is 9.82 Å². The smallest absolute Gasteiger partial charge is 0.341 e. The summed E-state index contributed by atoms with van der Waals surface area (Å²) in [6.45, 7) is 1.67. The lowest BCUT2D eigenvalue weighted by molar-refractivity contribution is 0.0527. The Kier molecular flexibility index (Phi) is 6.11. The predicted molar refractivity (Wildman–Crippen MR) is 128 cm³/mol. The number of para-hydroxylation sites is 1. The van der Waals surface area contributed by atoms with Gasteiger partial charge < -0.3 is 10.5 Å². The highest BCUT2D eigenvalue weighted by Crippen LogP contribution is 2.30.